The van der Waals surface area contributed by atoms with E-state index >= 15 is 0 Å². The second-order valence-electron chi connectivity index (χ2n) is 4.80. The number of hydrogen-bond acceptors (Lipinski definition) is 4. The van der Waals surface area contributed by atoms with E-state index in [4.69, 9.17) is 4.52 Å². The van der Waals surface area contributed by atoms with Crippen molar-refractivity contribution in [2.75, 3.05) is 12.4 Å². The minimum atomic E-state index is 0.558. The molecule has 3 aromatic rings. The topological polar surface area (TPSA) is 51.0 Å². The fraction of sp³-hybridized carbons (Fsp3) is 0.176. The Kier molecular flexibility index (Phi) is 3.96. The molecule has 2 aromatic carbocycles. The van der Waals surface area contributed by atoms with E-state index in [0.29, 0.717) is 5.89 Å². The lowest BCUT2D eigenvalue weighted by atomic mass is 10.1. The zero-order chi connectivity index (χ0) is 14.5. The first kappa shape index (κ1) is 13.4. The number of aryl methyl sites for hydroxylation is 2. The van der Waals surface area contributed by atoms with Gasteiger partial charge in [0.05, 0.1) is 5.56 Å². The first-order valence-electron chi connectivity index (χ1n) is 7.00. The van der Waals surface area contributed by atoms with Crippen molar-refractivity contribution < 1.29 is 4.52 Å². The molecule has 0 aliphatic rings. The van der Waals surface area contributed by atoms with E-state index in [1.807, 2.05) is 49.5 Å². The molecule has 3 rings (SSSR count). The summed E-state index contributed by atoms with van der Waals surface area (Å²) < 4.78 is 5.38. The molecule has 0 spiro atoms. The van der Waals surface area contributed by atoms with Gasteiger partial charge in [0.1, 0.15) is 0 Å². The monoisotopic (exact) mass is 279 g/mol. The Labute approximate surface area is 123 Å². The molecule has 0 radical (unpaired) electrons. The van der Waals surface area contributed by atoms with Gasteiger partial charge in [0.2, 0.25) is 0 Å². The molecule has 1 aromatic heterocycles. The highest BCUT2D eigenvalue weighted by molar-refractivity contribution is 5.72. The SMILES string of the molecule is CNc1ccccc1-c1nc(CCc2ccccc2)no1. The molecule has 0 amide bonds. The van der Waals surface area contributed by atoms with Gasteiger partial charge < -0.3 is 9.84 Å². The fourth-order valence-electron chi connectivity index (χ4n) is 2.25. The van der Waals surface area contributed by atoms with E-state index in [2.05, 4.69) is 27.6 Å². The van der Waals surface area contributed by atoms with Crippen LogP contribution in [0.4, 0.5) is 5.69 Å². The van der Waals surface area contributed by atoms with Gasteiger partial charge in [-0.05, 0) is 24.1 Å². The van der Waals surface area contributed by atoms with Gasteiger partial charge in [0.15, 0.2) is 5.82 Å². The van der Waals surface area contributed by atoms with Crippen molar-refractivity contribution in [1.82, 2.24) is 10.1 Å². The fourth-order valence-corrected chi connectivity index (χ4v) is 2.25. The average Bonchev–Trinajstić information content (AvgIpc) is 3.02. The molecular formula is C17H17N3O. The number of nitrogens with one attached hydrogen (secondary N) is 1. The number of hydrogen-bond donors (Lipinski definition) is 1. The summed E-state index contributed by atoms with van der Waals surface area (Å²) in [6, 6.07) is 18.2. The standard InChI is InChI=1S/C17H17N3O/c1-18-15-10-6-5-9-14(15)17-19-16(20-21-17)12-11-13-7-3-2-4-8-13/h2-10,18H,11-12H2,1H3. The molecule has 0 saturated heterocycles. The van der Waals surface area contributed by atoms with E-state index < -0.39 is 0 Å². The Bertz CT molecular complexity index is 707. The molecule has 0 saturated carbocycles. The summed E-state index contributed by atoms with van der Waals surface area (Å²) in [5.41, 5.74) is 3.19. The van der Waals surface area contributed by atoms with E-state index in [0.717, 1.165) is 29.9 Å². The van der Waals surface area contributed by atoms with Crippen LogP contribution in [0.25, 0.3) is 11.5 Å². The maximum absolute atomic E-state index is 5.38. The van der Waals surface area contributed by atoms with Crippen LogP contribution in [0.5, 0.6) is 0 Å². The van der Waals surface area contributed by atoms with Gasteiger partial charge in [0, 0.05) is 19.2 Å². The smallest absolute Gasteiger partial charge is 0.260 e. The third-order valence-corrected chi connectivity index (χ3v) is 3.38. The Morgan fingerprint density at radius 1 is 0.952 bits per heavy atom. The van der Waals surface area contributed by atoms with E-state index in [-0.39, 0.29) is 0 Å². The third kappa shape index (κ3) is 3.11. The molecular weight excluding hydrogens is 262 g/mol. The number of rotatable bonds is 5. The van der Waals surface area contributed by atoms with Crippen LogP contribution in [0, 0.1) is 0 Å². The lowest BCUT2D eigenvalue weighted by Crippen LogP contribution is -1.94. The second kappa shape index (κ2) is 6.22. The molecule has 4 nitrogen and oxygen atoms in total. The molecule has 0 fully saturated rings. The highest BCUT2D eigenvalue weighted by Gasteiger charge is 2.11. The molecule has 0 atom stereocenters. The molecule has 0 unspecified atom stereocenters. The highest BCUT2D eigenvalue weighted by Crippen LogP contribution is 2.25. The Hall–Kier alpha value is -2.62. The average molecular weight is 279 g/mol. The molecule has 0 aliphatic heterocycles. The number of benzene rings is 2. The van der Waals surface area contributed by atoms with Crippen molar-refractivity contribution in [3.63, 3.8) is 0 Å². The second-order valence-corrected chi connectivity index (χ2v) is 4.80. The van der Waals surface area contributed by atoms with Crippen molar-refractivity contribution in [2.45, 2.75) is 12.8 Å². The zero-order valence-corrected chi connectivity index (χ0v) is 11.9. The molecule has 0 aliphatic carbocycles. The van der Waals surface area contributed by atoms with Crippen LogP contribution < -0.4 is 5.32 Å². The maximum Gasteiger partial charge on any atom is 0.260 e. The minimum absolute atomic E-state index is 0.558. The van der Waals surface area contributed by atoms with E-state index in [9.17, 15) is 0 Å². The Balaban J connectivity index is 1.74. The van der Waals surface area contributed by atoms with Crippen molar-refractivity contribution >= 4 is 5.69 Å². The zero-order valence-electron chi connectivity index (χ0n) is 11.9. The van der Waals surface area contributed by atoms with Gasteiger partial charge in [0.25, 0.3) is 5.89 Å². The maximum atomic E-state index is 5.38. The summed E-state index contributed by atoms with van der Waals surface area (Å²) in [4.78, 5) is 4.49. The van der Waals surface area contributed by atoms with Crippen LogP contribution in [0.3, 0.4) is 0 Å². The van der Waals surface area contributed by atoms with Crippen LogP contribution in [0.1, 0.15) is 11.4 Å². The molecule has 1 heterocycles. The van der Waals surface area contributed by atoms with Crippen LogP contribution in [-0.4, -0.2) is 17.2 Å². The molecule has 0 bridgehead atoms. The quantitative estimate of drug-likeness (QED) is 0.775. The molecule has 106 valence electrons. The first-order valence-corrected chi connectivity index (χ1v) is 7.00. The number of aromatic nitrogens is 2. The van der Waals surface area contributed by atoms with Crippen molar-refractivity contribution in [2.24, 2.45) is 0 Å². The lowest BCUT2D eigenvalue weighted by Gasteiger charge is -2.03. The van der Waals surface area contributed by atoms with Crippen LogP contribution in [-0.2, 0) is 12.8 Å². The van der Waals surface area contributed by atoms with Gasteiger partial charge >= 0.3 is 0 Å². The summed E-state index contributed by atoms with van der Waals surface area (Å²) in [6.45, 7) is 0. The number of para-hydroxylation sites is 1. The normalized spacial score (nSPS) is 10.5. The van der Waals surface area contributed by atoms with Crippen LogP contribution in [0.15, 0.2) is 59.1 Å². The van der Waals surface area contributed by atoms with Crippen LogP contribution in [0.2, 0.25) is 0 Å². The van der Waals surface area contributed by atoms with Crippen LogP contribution >= 0.6 is 0 Å². The third-order valence-electron chi connectivity index (χ3n) is 3.38. The molecule has 4 heteroatoms. The Morgan fingerprint density at radius 2 is 1.71 bits per heavy atom. The lowest BCUT2D eigenvalue weighted by molar-refractivity contribution is 0.422. The predicted octanol–water partition coefficient (Wildman–Crippen LogP) is 3.56. The first-order chi connectivity index (χ1) is 10.4. The largest absolute Gasteiger partial charge is 0.387 e. The number of nitrogens with zero attached hydrogens (tertiary/aromatic N) is 2. The predicted molar refractivity (Wildman–Crippen MR) is 83.1 cm³/mol. The van der Waals surface area contributed by atoms with E-state index in [1.54, 1.807) is 0 Å². The van der Waals surface area contributed by atoms with Gasteiger partial charge in [-0.3, -0.25) is 0 Å². The minimum Gasteiger partial charge on any atom is -0.387 e. The van der Waals surface area contributed by atoms with Gasteiger partial charge in [-0.15, -0.1) is 0 Å². The van der Waals surface area contributed by atoms with Crippen molar-refractivity contribution in [3.8, 4) is 11.5 Å². The van der Waals surface area contributed by atoms with Gasteiger partial charge in [-0.2, -0.15) is 4.98 Å². The molecule has 21 heavy (non-hydrogen) atoms. The molecule has 1 N–H and O–H groups in total. The summed E-state index contributed by atoms with van der Waals surface area (Å²) in [5.74, 6) is 1.29. The van der Waals surface area contributed by atoms with Gasteiger partial charge in [-0.25, -0.2) is 0 Å². The van der Waals surface area contributed by atoms with E-state index in [1.165, 1.54) is 5.56 Å². The Morgan fingerprint density at radius 3 is 2.52 bits per heavy atom. The summed E-state index contributed by atoms with van der Waals surface area (Å²) in [7, 11) is 1.88. The van der Waals surface area contributed by atoms with Gasteiger partial charge in [-0.1, -0.05) is 47.6 Å². The summed E-state index contributed by atoms with van der Waals surface area (Å²) in [6.07, 6.45) is 1.68. The number of anilines is 1. The summed E-state index contributed by atoms with van der Waals surface area (Å²) in [5, 5.41) is 7.20. The van der Waals surface area contributed by atoms with Crippen molar-refractivity contribution in [1.29, 1.82) is 0 Å². The highest BCUT2D eigenvalue weighted by atomic mass is 16.5. The summed E-state index contributed by atoms with van der Waals surface area (Å²) >= 11 is 0. The van der Waals surface area contributed by atoms with Crippen molar-refractivity contribution in [3.05, 3.63) is 66.0 Å².